The minimum Gasteiger partial charge on any atom is -0.496 e. The second kappa shape index (κ2) is 7.05. The molecule has 7 nitrogen and oxygen atoms in total. The Kier molecular flexibility index (Phi) is 5.12. The maximum atomic E-state index is 12.4. The second-order valence-corrected chi connectivity index (χ2v) is 4.59. The second-order valence-electron chi connectivity index (χ2n) is 4.16. The number of hydrogen-bond acceptors (Lipinski definition) is 5. The van der Waals surface area contributed by atoms with Crippen LogP contribution in [0, 0.1) is 0 Å². The van der Waals surface area contributed by atoms with Crippen molar-refractivity contribution in [2.45, 2.75) is 6.55 Å². The number of benzene rings is 1. The maximum Gasteiger partial charge on any atom is 0.385 e. The van der Waals surface area contributed by atoms with Gasteiger partial charge in [-0.2, -0.15) is 13.9 Å². The highest BCUT2D eigenvalue weighted by Crippen LogP contribution is 2.22. The molecule has 2 rings (SSSR count). The number of nitrogens with two attached hydrogens (primary N) is 1. The van der Waals surface area contributed by atoms with Gasteiger partial charge >= 0.3 is 12.5 Å². The fraction of sp³-hybridized carbons (Fsp3) is 0.154. The van der Waals surface area contributed by atoms with Gasteiger partial charge in [0, 0.05) is 11.2 Å². The molecule has 0 saturated carbocycles. The lowest BCUT2D eigenvalue weighted by molar-refractivity contribution is 0.0472. The highest BCUT2D eigenvalue weighted by Gasteiger charge is 2.16. The lowest BCUT2D eigenvalue weighted by Gasteiger charge is -2.07. The number of hydrogen-bond donors (Lipinski definition) is 1. The minimum absolute atomic E-state index is 0.175. The fourth-order valence-corrected chi connectivity index (χ4v) is 1.79. The Morgan fingerprint density at radius 1 is 1.43 bits per heavy atom. The fourth-order valence-electron chi connectivity index (χ4n) is 1.62. The first-order valence-corrected chi connectivity index (χ1v) is 6.52. The lowest BCUT2D eigenvalue weighted by Crippen LogP contribution is -2.16. The summed E-state index contributed by atoms with van der Waals surface area (Å²) in [5.41, 5.74) is 5.69. The van der Waals surface area contributed by atoms with Crippen LogP contribution in [-0.2, 0) is 4.84 Å². The standard InChI is InChI=1S/C13H11ClF2N4O3/c1-22-10-3-2-7(14)6-8(10)11(17)19-23-12(21)9-4-5-20(18-9)13(15)16/h2-6,13H,1H3,(H2,17,19). The van der Waals surface area contributed by atoms with Crippen molar-refractivity contribution < 1.29 is 23.1 Å². The zero-order valence-corrected chi connectivity index (χ0v) is 12.5. The molecule has 0 aliphatic rings. The van der Waals surface area contributed by atoms with Gasteiger partial charge in [0.2, 0.25) is 0 Å². The molecule has 0 saturated heterocycles. The highest BCUT2D eigenvalue weighted by molar-refractivity contribution is 6.31. The molecule has 1 aromatic heterocycles. The summed E-state index contributed by atoms with van der Waals surface area (Å²) in [5, 5.41) is 7.16. The van der Waals surface area contributed by atoms with Gasteiger partial charge in [0.1, 0.15) is 5.75 Å². The molecular weight excluding hydrogens is 334 g/mol. The molecule has 10 heteroatoms. The first-order chi connectivity index (χ1) is 10.9. The number of alkyl halides is 2. The molecule has 1 heterocycles. The summed E-state index contributed by atoms with van der Waals surface area (Å²) in [6, 6.07) is 5.69. The Bertz CT molecular complexity index is 749. The van der Waals surface area contributed by atoms with Crippen LogP contribution in [0.2, 0.25) is 5.02 Å². The van der Waals surface area contributed by atoms with Crippen LogP contribution in [0.4, 0.5) is 8.78 Å². The number of aromatic nitrogens is 2. The number of halogens is 3. The van der Waals surface area contributed by atoms with Crippen molar-refractivity contribution in [2.75, 3.05) is 7.11 Å². The average Bonchev–Trinajstić information content (AvgIpc) is 3.02. The molecule has 0 spiro atoms. The van der Waals surface area contributed by atoms with Crippen LogP contribution in [0.15, 0.2) is 35.6 Å². The van der Waals surface area contributed by atoms with Crippen LogP contribution in [-0.4, -0.2) is 28.7 Å². The summed E-state index contributed by atoms with van der Waals surface area (Å²) in [4.78, 5) is 16.3. The number of carbonyl (C=O) groups is 1. The summed E-state index contributed by atoms with van der Waals surface area (Å²) < 4.78 is 30.1. The van der Waals surface area contributed by atoms with Gasteiger partial charge in [-0.15, -0.1) is 0 Å². The van der Waals surface area contributed by atoms with E-state index in [0.717, 1.165) is 12.3 Å². The molecule has 1 aromatic carbocycles. The van der Waals surface area contributed by atoms with Crippen molar-refractivity contribution >= 4 is 23.4 Å². The highest BCUT2D eigenvalue weighted by atomic mass is 35.5. The summed E-state index contributed by atoms with van der Waals surface area (Å²) in [7, 11) is 1.42. The van der Waals surface area contributed by atoms with Crippen molar-refractivity contribution in [3.63, 3.8) is 0 Å². The number of carbonyl (C=O) groups excluding carboxylic acids is 1. The Hall–Kier alpha value is -2.68. The van der Waals surface area contributed by atoms with Crippen molar-refractivity contribution in [2.24, 2.45) is 10.9 Å². The van der Waals surface area contributed by atoms with Crippen LogP contribution in [0.5, 0.6) is 5.75 Å². The SMILES string of the molecule is COc1ccc(Cl)cc1/C(N)=N/OC(=O)c1ccn(C(F)F)n1. The quantitative estimate of drug-likeness (QED) is 0.389. The van der Waals surface area contributed by atoms with Crippen molar-refractivity contribution in [1.82, 2.24) is 9.78 Å². The van der Waals surface area contributed by atoms with E-state index in [1.165, 1.54) is 13.2 Å². The van der Waals surface area contributed by atoms with Crippen molar-refractivity contribution in [1.29, 1.82) is 0 Å². The van der Waals surface area contributed by atoms with E-state index in [-0.39, 0.29) is 11.5 Å². The van der Waals surface area contributed by atoms with Crippen LogP contribution < -0.4 is 10.5 Å². The van der Waals surface area contributed by atoms with Gasteiger partial charge in [0.05, 0.1) is 12.7 Å². The molecule has 0 radical (unpaired) electrons. The molecule has 23 heavy (non-hydrogen) atoms. The van der Waals surface area contributed by atoms with Gasteiger partial charge in [-0.1, -0.05) is 16.8 Å². The smallest absolute Gasteiger partial charge is 0.385 e. The zero-order chi connectivity index (χ0) is 17.0. The molecule has 122 valence electrons. The summed E-state index contributed by atoms with van der Waals surface area (Å²) in [6.07, 6.45) is 0.939. The minimum atomic E-state index is -2.86. The Morgan fingerprint density at radius 2 is 2.17 bits per heavy atom. The maximum absolute atomic E-state index is 12.4. The number of amidine groups is 1. The van der Waals surface area contributed by atoms with Crippen molar-refractivity contribution in [3.05, 3.63) is 46.7 Å². The molecule has 0 fully saturated rings. The van der Waals surface area contributed by atoms with Gasteiger partial charge in [-0.25, -0.2) is 9.48 Å². The van der Waals surface area contributed by atoms with E-state index in [2.05, 4.69) is 15.1 Å². The van der Waals surface area contributed by atoms with Gasteiger partial charge in [-0.3, -0.25) is 0 Å². The summed E-state index contributed by atoms with van der Waals surface area (Å²) in [6.45, 7) is -2.86. The van der Waals surface area contributed by atoms with Crippen LogP contribution >= 0.6 is 11.6 Å². The van der Waals surface area contributed by atoms with E-state index in [1.54, 1.807) is 12.1 Å². The summed E-state index contributed by atoms with van der Waals surface area (Å²) in [5.74, 6) is -0.840. The molecule has 0 aliphatic heterocycles. The van der Waals surface area contributed by atoms with E-state index < -0.39 is 12.5 Å². The van der Waals surface area contributed by atoms with E-state index in [1.807, 2.05) is 0 Å². The molecule has 2 aromatic rings. The van der Waals surface area contributed by atoms with Gasteiger partial charge in [0.25, 0.3) is 0 Å². The van der Waals surface area contributed by atoms with Gasteiger partial charge in [-0.05, 0) is 24.3 Å². The zero-order valence-electron chi connectivity index (χ0n) is 11.7. The predicted molar refractivity (Wildman–Crippen MR) is 77.6 cm³/mol. The number of methoxy groups -OCH3 is 1. The molecule has 0 bridgehead atoms. The van der Waals surface area contributed by atoms with Crippen molar-refractivity contribution in [3.8, 4) is 5.75 Å². The lowest BCUT2D eigenvalue weighted by atomic mass is 10.2. The van der Waals surface area contributed by atoms with Gasteiger partial charge in [0.15, 0.2) is 11.5 Å². The van der Waals surface area contributed by atoms with Crippen LogP contribution in [0.1, 0.15) is 22.6 Å². The topological polar surface area (TPSA) is 91.7 Å². The number of ether oxygens (including phenoxy) is 1. The Labute approximate surface area is 134 Å². The Balaban J connectivity index is 2.15. The number of nitrogens with zero attached hydrogens (tertiary/aromatic N) is 3. The molecule has 0 unspecified atom stereocenters. The molecule has 0 atom stereocenters. The first-order valence-electron chi connectivity index (χ1n) is 6.14. The van der Waals surface area contributed by atoms with Gasteiger partial charge < -0.3 is 15.3 Å². The first kappa shape index (κ1) is 16.7. The third kappa shape index (κ3) is 3.95. The van der Waals surface area contributed by atoms with E-state index in [9.17, 15) is 13.6 Å². The molecule has 2 N–H and O–H groups in total. The normalized spacial score (nSPS) is 11.6. The monoisotopic (exact) mass is 344 g/mol. The van der Waals surface area contributed by atoms with E-state index in [0.29, 0.717) is 21.0 Å². The number of rotatable bonds is 5. The Morgan fingerprint density at radius 3 is 2.78 bits per heavy atom. The predicted octanol–water partition coefficient (Wildman–Crippen LogP) is 2.42. The van der Waals surface area contributed by atoms with Crippen LogP contribution in [0.3, 0.4) is 0 Å². The molecule has 0 aliphatic carbocycles. The third-order valence-corrected chi connectivity index (χ3v) is 2.92. The van der Waals surface area contributed by atoms with Crippen LogP contribution in [0.25, 0.3) is 0 Å². The van der Waals surface area contributed by atoms with E-state index in [4.69, 9.17) is 22.1 Å². The average molecular weight is 345 g/mol. The number of oxime groups is 1. The third-order valence-electron chi connectivity index (χ3n) is 2.68. The molecule has 0 amide bonds. The van der Waals surface area contributed by atoms with E-state index >= 15 is 0 Å². The largest absolute Gasteiger partial charge is 0.496 e. The molecular formula is C13H11ClF2N4O3. The summed E-state index contributed by atoms with van der Waals surface area (Å²) >= 11 is 5.85.